The van der Waals surface area contributed by atoms with Crippen molar-refractivity contribution in [1.29, 1.82) is 0 Å². The van der Waals surface area contributed by atoms with Crippen LogP contribution in [0.25, 0.3) is 10.8 Å². The van der Waals surface area contributed by atoms with E-state index in [2.05, 4.69) is 10.4 Å². The molecule has 0 spiro atoms. The molecule has 2 N–H and O–H groups in total. The lowest BCUT2D eigenvalue weighted by Gasteiger charge is -2.36. The minimum absolute atomic E-state index is 0.0682. The van der Waals surface area contributed by atoms with E-state index in [4.69, 9.17) is 0 Å². The summed E-state index contributed by atoms with van der Waals surface area (Å²) in [5.41, 5.74) is -1.64. The standard InChI is InChI=1S/C29H34F4N4O3/c1-5-24(21-7-6-8-23(17(21)2)29(31,32)33)34-26-22-16-20(28(30)10-12-37(13-11-28)18(3)39)15-19(9-14-38)25(22)27(40)36(4)35-26/h6-8,15-16,24,38H,5,9-14H2,1-4H3,(H,34,35)/t24-/m1/s1. The number of hydrogen-bond acceptors (Lipinski definition) is 5. The predicted molar refractivity (Wildman–Crippen MR) is 145 cm³/mol. The summed E-state index contributed by atoms with van der Waals surface area (Å²) in [4.78, 5) is 26.6. The Bertz CT molecular complexity index is 1480. The Morgan fingerprint density at radius 3 is 2.48 bits per heavy atom. The number of anilines is 1. The number of fused-ring (bicyclic) bond motifs is 1. The lowest BCUT2D eigenvalue weighted by molar-refractivity contribution is -0.138. The Balaban J connectivity index is 1.86. The number of hydrogen-bond donors (Lipinski definition) is 2. The highest BCUT2D eigenvalue weighted by atomic mass is 19.4. The van der Waals surface area contributed by atoms with Gasteiger partial charge in [0.2, 0.25) is 5.91 Å². The highest BCUT2D eigenvalue weighted by Gasteiger charge is 2.38. The zero-order chi connectivity index (χ0) is 29.4. The van der Waals surface area contributed by atoms with Crippen LogP contribution in [0, 0.1) is 6.92 Å². The Morgan fingerprint density at radius 1 is 1.23 bits per heavy atom. The summed E-state index contributed by atoms with van der Waals surface area (Å²) in [5, 5.41) is 18.0. The van der Waals surface area contributed by atoms with Gasteiger partial charge < -0.3 is 15.3 Å². The first-order valence-electron chi connectivity index (χ1n) is 13.3. The summed E-state index contributed by atoms with van der Waals surface area (Å²) in [6.45, 7) is 4.90. The molecule has 40 heavy (non-hydrogen) atoms. The van der Waals surface area contributed by atoms with E-state index < -0.39 is 29.0 Å². The first-order valence-corrected chi connectivity index (χ1v) is 13.3. The molecule has 0 unspecified atom stereocenters. The van der Waals surface area contributed by atoms with Crippen molar-refractivity contribution >= 4 is 22.5 Å². The minimum Gasteiger partial charge on any atom is -0.396 e. The molecule has 0 bridgehead atoms. The zero-order valence-electron chi connectivity index (χ0n) is 23.0. The van der Waals surface area contributed by atoms with Crippen LogP contribution in [-0.4, -0.2) is 45.4 Å². The van der Waals surface area contributed by atoms with Crippen molar-refractivity contribution in [3.8, 4) is 0 Å². The molecule has 4 rings (SSSR count). The van der Waals surface area contributed by atoms with Gasteiger partial charge in [-0.05, 0) is 54.2 Å². The number of benzene rings is 2. The first kappa shape index (κ1) is 29.5. The number of aliphatic hydroxyl groups is 1. The number of nitrogens with one attached hydrogen (secondary N) is 1. The molecule has 0 saturated carbocycles. The lowest BCUT2D eigenvalue weighted by atomic mass is 9.83. The van der Waals surface area contributed by atoms with Crippen molar-refractivity contribution in [3.63, 3.8) is 0 Å². The summed E-state index contributed by atoms with van der Waals surface area (Å²) in [5.74, 6) is 0.0998. The molecule has 2 aromatic carbocycles. The summed E-state index contributed by atoms with van der Waals surface area (Å²) >= 11 is 0. The lowest BCUT2D eigenvalue weighted by Crippen LogP contribution is -2.42. The van der Waals surface area contributed by atoms with Crippen molar-refractivity contribution in [2.24, 2.45) is 7.05 Å². The van der Waals surface area contributed by atoms with E-state index in [1.807, 2.05) is 6.92 Å². The van der Waals surface area contributed by atoms with E-state index >= 15 is 4.39 Å². The third kappa shape index (κ3) is 5.56. The van der Waals surface area contributed by atoms with E-state index in [-0.39, 0.29) is 61.6 Å². The van der Waals surface area contributed by atoms with Gasteiger partial charge in [-0.3, -0.25) is 9.59 Å². The quantitative estimate of drug-likeness (QED) is 0.388. The average Bonchev–Trinajstić information content (AvgIpc) is 2.89. The van der Waals surface area contributed by atoms with E-state index in [1.54, 1.807) is 23.1 Å². The van der Waals surface area contributed by atoms with E-state index in [9.17, 15) is 27.9 Å². The monoisotopic (exact) mass is 562 g/mol. The van der Waals surface area contributed by atoms with Gasteiger partial charge in [0.25, 0.3) is 5.56 Å². The number of halogens is 4. The van der Waals surface area contributed by atoms with Crippen LogP contribution in [0.15, 0.2) is 35.1 Å². The van der Waals surface area contributed by atoms with Crippen LogP contribution < -0.4 is 10.9 Å². The molecule has 216 valence electrons. The molecule has 1 aromatic heterocycles. The summed E-state index contributed by atoms with van der Waals surface area (Å²) in [6, 6.07) is 6.61. The number of rotatable bonds is 7. The van der Waals surface area contributed by atoms with Crippen LogP contribution in [0.5, 0.6) is 0 Å². The third-order valence-corrected chi connectivity index (χ3v) is 7.91. The topological polar surface area (TPSA) is 87.5 Å². The molecule has 1 fully saturated rings. The number of nitrogens with zero attached hydrogens (tertiary/aromatic N) is 3. The van der Waals surface area contributed by atoms with Crippen molar-refractivity contribution < 1.29 is 27.5 Å². The minimum atomic E-state index is -4.51. The van der Waals surface area contributed by atoms with Crippen LogP contribution in [0.2, 0.25) is 0 Å². The van der Waals surface area contributed by atoms with Crippen molar-refractivity contribution in [3.05, 3.63) is 68.5 Å². The summed E-state index contributed by atoms with van der Waals surface area (Å²) in [6.07, 6.45) is -3.87. The number of amides is 1. The smallest absolute Gasteiger partial charge is 0.396 e. The van der Waals surface area contributed by atoms with Gasteiger partial charge in [0.05, 0.1) is 17.0 Å². The van der Waals surface area contributed by atoms with Crippen LogP contribution in [0.3, 0.4) is 0 Å². The Labute approximate surface area is 229 Å². The van der Waals surface area contributed by atoms with E-state index in [0.29, 0.717) is 28.5 Å². The molecule has 0 aliphatic carbocycles. The van der Waals surface area contributed by atoms with Crippen LogP contribution in [0.4, 0.5) is 23.4 Å². The molecule has 1 aliphatic heterocycles. The molecule has 1 saturated heterocycles. The van der Waals surface area contributed by atoms with Gasteiger partial charge in [0.1, 0.15) is 5.67 Å². The number of aryl methyl sites for hydroxylation is 1. The molecule has 1 atom stereocenters. The number of carbonyl (C=O) groups excluding carboxylic acids is 1. The fourth-order valence-electron chi connectivity index (χ4n) is 5.60. The average molecular weight is 563 g/mol. The second-order valence-corrected chi connectivity index (χ2v) is 10.4. The first-order chi connectivity index (χ1) is 18.8. The molecule has 1 aliphatic rings. The summed E-state index contributed by atoms with van der Waals surface area (Å²) in [7, 11) is 1.47. The Morgan fingerprint density at radius 2 is 1.90 bits per heavy atom. The van der Waals surface area contributed by atoms with Gasteiger partial charge in [-0.2, -0.15) is 18.3 Å². The molecular formula is C29H34F4N4O3. The fourth-order valence-corrected chi connectivity index (χ4v) is 5.60. The Kier molecular flexibility index (Phi) is 8.26. The number of likely N-dealkylation sites (tertiary alicyclic amines) is 1. The predicted octanol–water partition coefficient (Wildman–Crippen LogP) is 5.17. The molecule has 0 radical (unpaired) electrons. The number of piperidine rings is 1. The maximum absolute atomic E-state index is 16.4. The molecule has 1 amide bonds. The van der Waals surface area contributed by atoms with E-state index in [1.165, 1.54) is 27.0 Å². The van der Waals surface area contributed by atoms with Crippen molar-refractivity contribution in [2.45, 2.75) is 64.3 Å². The van der Waals surface area contributed by atoms with Crippen LogP contribution in [0.1, 0.15) is 67.0 Å². The molecule has 7 nitrogen and oxygen atoms in total. The third-order valence-electron chi connectivity index (χ3n) is 7.91. The maximum atomic E-state index is 16.4. The number of alkyl halides is 4. The van der Waals surface area contributed by atoms with Crippen molar-refractivity contribution in [1.82, 2.24) is 14.7 Å². The number of carbonyl (C=O) groups is 1. The zero-order valence-corrected chi connectivity index (χ0v) is 23.0. The van der Waals surface area contributed by atoms with E-state index in [0.717, 1.165) is 10.7 Å². The van der Waals surface area contributed by atoms with Gasteiger partial charge in [-0.25, -0.2) is 9.07 Å². The fraction of sp³-hybridized carbons (Fsp3) is 0.483. The van der Waals surface area contributed by atoms with Gasteiger partial charge in [-0.15, -0.1) is 0 Å². The summed E-state index contributed by atoms with van der Waals surface area (Å²) < 4.78 is 58.4. The van der Waals surface area contributed by atoms with Crippen LogP contribution in [-0.2, 0) is 30.1 Å². The normalized spacial score (nSPS) is 16.3. The van der Waals surface area contributed by atoms with Gasteiger partial charge >= 0.3 is 6.18 Å². The maximum Gasteiger partial charge on any atom is 0.416 e. The van der Waals surface area contributed by atoms with Gasteiger partial charge in [0, 0.05) is 51.9 Å². The van der Waals surface area contributed by atoms with Gasteiger partial charge in [-0.1, -0.05) is 25.1 Å². The van der Waals surface area contributed by atoms with Crippen molar-refractivity contribution in [2.75, 3.05) is 25.0 Å². The molecule has 3 aromatic rings. The number of aromatic nitrogens is 2. The van der Waals surface area contributed by atoms with Crippen LogP contribution >= 0.6 is 0 Å². The highest BCUT2D eigenvalue weighted by molar-refractivity contribution is 5.94. The second-order valence-electron chi connectivity index (χ2n) is 10.4. The van der Waals surface area contributed by atoms with Gasteiger partial charge in [0.15, 0.2) is 5.82 Å². The molecule has 2 heterocycles. The molecule has 11 heteroatoms. The second kappa shape index (κ2) is 11.2. The molecular weight excluding hydrogens is 528 g/mol. The largest absolute Gasteiger partial charge is 0.416 e. The number of aliphatic hydroxyl groups excluding tert-OH is 1. The highest BCUT2D eigenvalue weighted by Crippen LogP contribution is 2.41. The Hall–Kier alpha value is -3.47. The SMILES string of the molecule is CC[C@@H](Nc1nn(C)c(=O)c2c(CCO)cc(C3(F)CCN(C(C)=O)CC3)cc12)c1cccc(C(F)(F)F)c1C.